The lowest BCUT2D eigenvalue weighted by Crippen LogP contribution is -2.47. The zero-order valence-corrected chi connectivity index (χ0v) is 9.95. The lowest BCUT2D eigenvalue weighted by molar-refractivity contribution is -0.125. The summed E-state index contributed by atoms with van der Waals surface area (Å²) in [7, 11) is 0. The molecule has 1 heterocycles. The van der Waals surface area contributed by atoms with Crippen molar-refractivity contribution in [2.45, 2.75) is 44.9 Å². The minimum atomic E-state index is -0.497. The number of allylic oxidation sites excluding steroid dienone is 1. The van der Waals surface area contributed by atoms with Crippen molar-refractivity contribution >= 4 is 5.91 Å². The van der Waals surface area contributed by atoms with Crippen molar-refractivity contribution in [3.8, 4) is 0 Å². The number of hydrogen-bond acceptors (Lipinski definition) is 3. The van der Waals surface area contributed by atoms with E-state index in [2.05, 4.69) is 12.2 Å². The second-order valence-electron chi connectivity index (χ2n) is 5.08. The van der Waals surface area contributed by atoms with E-state index in [-0.39, 0.29) is 11.9 Å². The zero-order valence-electron chi connectivity index (χ0n) is 9.95. The molecule has 3 atom stereocenters. The van der Waals surface area contributed by atoms with Gasteiger partial charge in [-0.25, -0.2) is 0 Å². The van der Waals surface area contributed by atoms with Crippen molar-refractivity contribution in [1.82, 2.24) is 5.32 Å². The molecule has 2 aliphatic rings. The number of carbonyl (C=O) groups is 1. The average molecular weight is 224 g/mol. The molecule has 1 aliphatic carbocycles. The molecule has 1 aliphatic heterocycles. The molecule has 1 saturated heterocycles. The molecule has 0 saturated carbocycles. The fourth-order valence-electron chi connectivity index (χ4n) is 2.46. The van der Waals surface area contributed by atoms with Crippen molar-refractivity contribution in [1.29, 1.82) is 0 Å². The Hall–Kier alpha value is -0.870. The van der Waals surface area contributed by atoms with Gasteiger partial charge in [0.1, 0.15) is 5.72 Å². The third-order valence-electron chi connectivity index (χ3n) is 3.35. The maximum absolute atomic E-state index is 12.0. The van der Waals surface area contributed by atoms with Crippen molar-refractivity contribution < 1.29 is 9.53 Å². The summed E-state index contributed by atoms with van der Waals surface area (Å²) in [6.07, 6.45) is 4.70. The molecule has 4 heteroatoms. The van der Waals surface area contributed by atoms with Crippen LogP contribution in [0.4, 0.5) is 0 Å². The number of ether oxygens (including phenoxy) is 1. The maximum Gasteiger partial charge on any atom is 0.250 e. The van der Waals surface area contributed by atoms with Crippen LogP contribution in [0.25, 0.3) is 0 Å². The zero-order chi connectivity index (χ0) is 11.8. The normalized spacial score (nSPS) is 38.6. The minimum Gasteiger partial charge on any atom is -0.356 e. The number of amides is 1. The topological polar surface area (TPSA) is 64.3 Å². The van der Waals surface area contributed by atoms with Gasteiger partial charge >= 0.3 is 0 Å². The SMILES string of the molecule is CC1C=C(C(=O)NC2(C)CCCO2)C(N)C1. The van der Waals surface area contributed by atoms with Gasteiger partial charge < -0.3 is 15.8 Å². The molecule has 0 radical (unpaired) electrons. The van der Waals surface area contributed by atoms with Crippen LogP contribution in [0.1, 0.15) is 33.1 Å². The Morgan fingerprint density at radius 3 is 2.94 bits per heavy atom. The molecular formula is C12H20N2O2. The number of rotatable bonds is 2. The standard InChI is InChI=1S/C12H20N2O2/c1-8-6-9(10(13)7-8)11(15)14-12(2)4-3-5-16-12/h6,8,10H,3-5,7,13H2,1-2H3,(H,14,15). The molecule has 0 aromatic rings. The van der Waals surface area contributed by atoms with Gasteiger partial charge in [0.2, 0.25) is 0 Å². The molecule has 0 bridgehead atoms. The highest BCUT2D eigenvalue weighted by atomic mass is 16.5. The van der Waals surface area contributed by atoms with Crippen molar-refractivity contribution in [3.63, 3.8) is 0 Å². The molecule has 1 fully saturated rings. The largest absolute Gasteiger partial charge is 0.356 e. The van der Waals surface area contributed by atoms with E-state index in [0.717, 1.165) is 25.9 Å². The van der Waals surface area contributed by atoms with Gasteiger partial charge in [-0.15, -0.1) is 0 Å². The van der Waals surface area contributed by atoms with Crippen LogP contribution in [0, 0.1) is 5.92 Å². The average Bonchev–Trinajstić information content (AvgIpc) is 2.73. The molecule has 1 amide bonds. The first-order valence-corrected chi connectivity index (χ1v) is 5.94. The Kier molecular flexibility index (Phi) is 3.04. The summed E-state index contributed by atoms with van der Waals surface area (Å²) in [4.78, 5) is 12.0. The molecule has 16 heavy (non-hydrogen) atoms. The number of nitrogens with one attached hydrogen (secondary N) is 1. The highest BCUT2D eigenvalue weighted by Crippen LogP contribution is 2.26. The summed E-state index contributed by atoms with van der Waals surface area (Å²) in [5, 5.41) is 2.94. The maximum atomic E-state index is 12.0. The number of carbonyl (C=O) groups excluding carboxylic acids is 1. The van der Waals surface area contributed by atoms with Gasteiger partial charge in [-0.3, -0.25) is 4.79 Å². The Bertz CT molecular complexity index is 319. The van der Waals surface area contributed by atoms with E-state index in [0.29, 0.717) is 11.5 Å². The van der Waals surface area contributed by atoms with Gasteiger partial charge in [-0.05, 0) is 32.1 Å². The third-order valence-corrected chi connectivity index (χ3v) is 3.35. The lowest BCUT2D eigenvalue weighted by Gasteiger charge is -2.25. The van der Waals surface area contributed by atoms with E-state index < -0.39 is 5.72 Å². The molecule has 0 spiro atoms. The van der Waals surface area contributed by atoms with Crippen LogP contribution < -0.4 is 11.1 Å². The molecule has 0 aromatic carbocycles. The first-order valence-electron chi connectivity index (χ1n) is 5.94. The molecule has 2 rings (SSSR count). The van der Waals surface area contributed by atoms with E-state index in [4.69, 9.17) is 10.5 Å². The van der Waals surface area contributed by atoms with Crippen LogP contribution in [0.5, 0.6) is 0 Å². The first kappa shape index (κ1) is 11.6. The van der Waals surface area contributed by atoms with E-state index in [1.54, 1.807) is 0 Å². The smallest absolute Gasteiger partial charge is 0.250 e. The highest BCUT2D eigenvalue weighted by Gasteiger charge is 2.34. The van der Waals surface area contributed by atoms with E-state index in [1.807, 2.05) is 13.0 Å². The number of nitrogens with two attached hydrogens (primary N) is 1. The summed E-state index contributed by atoms with van der Waals surface area (Å²) in [5.74, 6) is 0.328. The van der Waals surface area contributed by atoms with Crippen LogP contribution in [0.2, 0.25) is 0 Å². The summed E-state index contributed by atoms with van der Waals surface area (Å²) in [6, 6.07) is -0.125. The van der Waals surface area contributed by atoms with E-state index in [1.165, 1.54) is 0 Å². The molecule has 90 valence electrons. The summed E-state index contributed by atoms with van der Waals surface area (Å²) in [5.41, 5.74) is 6.13. The Morgan fingerprint density at radius 1 is 1.69 bits per heavy atom. The first-order chi connectivity index (χ1) is 7.50. The molecule has 3 N–H and O–H groups in total. The summed E-state index contributed by atoms with van der Waals surface area (Å²) >= 11 is 0. The van der Waals surface area contributed by atoms with Gasteiger partial charge in [0.25, 0.3) is 5.91 Å². The van der Waals surface area contributed by atoms with E-state index in [9.17, 15) is 4.79 Å². The molecule has 4 nitrogen and oxygen atoms in total. The van der Waals surface area contributed by atoms with Gasteiger partial charge in [0.15, 0.2) is 0 Å². The van der Waals surface area contributed by atoms with Gasteiger partial charge in [0.05, 0.1) is 0 Å². The van der Waals surface area contributed by atoms with Crippen LogP contribution in [-0.2, 0) is 9.53 Å². The van der Waals surface area contributed by atoms with Crippen LogP contribution in [0.3, 0.4) is 0 Å². The second-order valence-corrected chi connectivity index (χ2v) is 5.08. The van der Waals surface area contributed by atoms with Crippen molar-refractivity contribution in [2.24, 2.45) is 11.7 Å². The molecule has 0 aromatic heterocycles. The molecule has 3 unspecified atom stereocenters. The van der Waals surface area contributed by atoms with Crippen molar-refractivity contribution in [3.05, 3.63) is 11.6 Å². The Labute approximate surface area is 96.2 Å². The summed E-state index contributed by atoms with van der Waals surface area (Å²) in [6.45, 7) is 4.72. The number of hydrogen-bond donors (Lipinski definition) is 2. The predicted octanol–water partition coefficient (Wildman–Crippen LogP) is 0.923. The minimum absolute atomic E-state index is 0.0683. The third kappa shape index (κ3) is 2.28. The fraction of sp³-hybridized carbons (Fsp3) is 0.750. The lowest BCUT2D eigenvalue weighted by atomic mass is 10.1. The van der Waals surface area contributed by atoms with Gasteiger partial charge in [-0.1, -0.05) is 13.0 Å². The Balaban J connectivity index is 2.00. The monoisotopic (exact) mass is 224 g/mol. The quantitative estimate of drug-likeness (QED) is 0.733. The van der Waals surface area contributed by atoms with Crippen LogP contribution in [-0.4, -0.2) is 24.3 Å². The Morgan fingerprint density at radius 2 is 2.44 bits per heavy atom. The second kappa shape index (κ2) is 4.18. The van der Waals surface area contributed by atoms with Crippen molar-refractivity contribution in [2.75, 3.05) is 6.61 Å². The van der Waals surface area contributed by atoms with Crippen LogP contribution in [0.15, 0.2) is 11.6 Å². The van der Waals surface area contributed by atoms with Crippen LogP contribution >= 0.6 is 0 Å². The summed E-state index contributed by atoms with van der Waals surface area (Å²) < 4.78 is 5.53. The fourth-order valence-corrected chi connectivity index (χ4v) is 2.46. The molecular weight excluding hydrogens is 204 g/mol. The predicted molar refractivity (Wildman–Crippen MR) is 61.6 cm³/mol. The highest BCUT2D eigenvalue weighted by molar-refractivity contribution is 5.95. The van der Waals surface area contributed by atoms with E-state index >= 15 is 0 Å². The van der Waals surface area contributed by atoms with Gasteiger partial charge in [-0.2, -0.15) is 0 Å². The van der Waals surface area contributed by atoms with Gasteiger partial charge in [0, 0.05) is 18.2 Å².